The number of carbonyl (C=O) groups is 1. The molecule has 0 radical (unpaired) electrons. The number of anilines is 1. The highest BCUT2D eigenvalue weighted by molar-refractivity contribution is 7.92. The van der Waals surface area contributed by atoms with Gasteiger partial charge in [-0.1, -0.05) is 36.4 Å². The third kappa shape index (κ3) is 4.08. The Bertz CT molecular complexity index is 770. The SMILES string of the molecule is Cc1c(NS(=O)(=O)CCc2ccccc2)cccc1C(=O)O. The first-order valence-electron chi connectivity index (χ1n) is 6.76. The van der Waals surface area contributed by atoms with E-state index in [1.165, 1.54) is 12.1 Å². The quantitative estimate of drug-likeness (QED) is 0.857. The molecule has 116 valence electrons. The molecule has 2 aromatic carbocycles. The summed E-state index contributed by atoms with van der Waals surface area (Å²) in [5.41, 5.74) is 1.72. The van der Waals surface area contributed by atoms with Gasteiger partial charge in [-0.15, -0.1) is 0 Å². The van der Waals surface area contributed by atoms with E-state index in [1.54, 1.807) is 13.0 Å². The van der Waals surface area contributed by atoms with Crippen LogP contribution in [-0.4, -0.2) is 25.2 Å². The number of aromatic carboxylic acids is 1. The first-order valence-corrected chi connectivity index (χ1v) is 8.41. The largest absolute Gasteiger partial charge is 0.478 e. The second-order valence-corrected chi connectivity index (χ2v) is 6.78. The molecular formula is C16H17NO4S. The van der Waals surface area contributed by atoms with Crippen LogP contribution < -0.4 is 4.72 Å². The molecule has 0 spiro atoms. The number of sulfonamides is 1. The van der Waals surface area contributed by atoms with Gasteiger partial charge in [0.25, 0.3) is 0 Å². The van der Waals surface area contributed by atoms with Crippen molar-refractivity contribution in [1.82, 2.24) is 0 Å². The Kier molecular flexibility index (Phi) is 4.82. The van der Waals surface area contributed by atoms with E-state index >= 15 is 0 Å². The molecule has 0 aliphatic carbocycles. The molecule has 6 heteroatoms. The lowest BCUT2D eigenvalue weighted by molar-refractivity contribution is 0.0696. The van der Waals surface area contributed by atoms with Crippen LogP contribution in [0.4, 0.5) is 5.69 Å². The smallest absolute Gasteiger partial charge is 0.336 e. The molecule has 0 saturated heterocycles. The molecule has 2 N–H and O–H groups in total. The van der Waals surface area contributed by atoms with Crippen LogP contribution in [0.3, 0.4) is 0 Å². The van der Waals surface area contributed by atoms with Crippen LogP contribution in [0.2, 0.25) is 0 Å². The van der Waals surface area contributed by atoms with E-state index in [1.807, 2.05) is 30.3 Å². The van der Waals surface area contributed by atoms with Gasteiger partial charge in [0.15, 0.2) is 0 Å². The van der Waals surface area contributed by atoms with Crippen molar-refractivity contribution >= 4 is 21.7 Å². The zero-order valence-electron chi connectivity index (χ0n) is 12.1. The van der Waals surface area contributed by atoms with Crippen molar-refractivity contribution in [3.05, 3.63) is 65.2 Å². The second-order valence-electron chi connectivity index (χ2n) is 4.94. The Morgan fingerprint density at radius 2 is 1.77 bits per heavy atom. The molecule has 0 atom stereocenters. The summed E-state index contributed by atoms with van der Waals surface area (Å²) in [5, 5.41) is 9.06. The van der Waals surface area contributed by atoms with Gasteiger partial charge in [-0.3, -0.25) is 4.72 Å². The minimum Gasteiger partial charge on any atom is -0.478 e. The third-order valence-electron chi connectivity index (χ3n) is 3.33. The first-order chi connectivity index (χ1) is 10.4. The molecule has 0 unspecified atom stereocenters. The number of rotatable bonds is 6. The minimum atomic E-state index is -3.54. The number of hydrogen-bond donors (Lipinski definition) is 2. The van der Waals surface area contributed by atoms with Crippen LogP contribution in [0.15, 0.2) is 48.5 Å². The summed E-state index contributed by atoms with van der Waals surface area (Å²) in [5.74, 6) is -1.14. The fourth-order valence-corrected chi connectivity index (χ4v) is 3.26. The Morgan fingerprint density at radius 3 is 2.41 bits per heavy atom. The Morgan fingerprint density at radius 1 is 1.09 bits per heavy atom. The lowest BCUT2D eigenvalue weighted by Crippen LogP contribution is -2.19. The molecule has 22 heavy (non-hydrogen) atoms. The number of benzene rings is 2. The second kappa shape index (κ2) is 6.62. The Labute approximate surface area is 129 Å². The maximum Gasteiger partial charge on any atom is 0.336 e. The van der Waals surface area contributed by atoms with Gasteiger partial charge >= 0.3 is 5.97 Å². The van der Waals surface area contributed by atoms with E-state index in [0.29, 0.717) is 17.7 Å². The van der Waals surface area contributed by atoms with Gasteiger partial charge in [0, 0.05) is 0 Å². The molecule has 0 amide bonds. The summed E-state index contributed by atoms with van der Waals surface area (Å²) in [6.07, 6.45) is 0.397. The lowest BCUT2D eigenvalue weighted by atomic mass is 10.1. The predicted molar refractivity (Wildman–Crippen MR) is 85.7 cm³/mol. The summed E-state index contributed by atoms with van der Waals surface area (Å²) in [4.78, 5) is 11.1. The van der Waals surface area contributed by atoms with E-state index < -0.39 is 16.0 Å². The number of carboxylic acid groups (broad SMARTS) is 1. The number of carboxylic acids is 1. The molecule has 0 saturated carbocycles. The van der Waals surface area contributed by atoms with Crippen LogP contribution in [0.1, 0.15) is 21.5 Å². The van der Waals surface area contributed by atoms with Gasteiger partial charge in [0.05, 0.1) is 17.0 Å². The van der Waals surface area contributed by atoms with Gasteiger partial charge in [0.1, 0.15) is 0 Å². The summed E-state index contributed by atoms with van der Waals surface area (Å²) >= 11 is 0. The van der Waals surface area contributed by atoms with Gasteiger partial charge in [0.2, 0.25) is 10.0 Å². The van der Waals surface area contributed by atoms with Crippen molar-refractivity contribution in [3.8, 4) is 0 Å². The minimum absolute atomic E-state index is 0.0618. The predicted octanol–water partition coefficient (Wildman–Crippen LogP) is 2.68. The van der Waals surface area contributed by atoms with Crippen LogP contribution in [0.25, 0.3) is 0 Å². The van der Waals surface area contributed by atoms with Crippen LogP contribution >= 0.6 is 0 Å². The molecular weight excluding hydrogens is 302 g/mol. The van der Waals surface area contributed by atoms with Crippen LogP contribution in [0, 0.1) is 6.92 Å². The maximum absolute atomic E-state index is 12.1. The van der Waals surface area contributed by atoms with Crippen molar-refractivity contribution in [2.24, 2.45) is 0 Å². The van der Waals surface area contributed by atoms with E-state index in [-0.39, 0.29) is 11.3 Å². The highest BCUT2D eigenvalue weighted by atomic mass is 32.2. The van der Waals surface area contributed by atoms with Crippen molar-refractivity contribution in [2.45, 2.75) is 13.3 Å². The molecule has 0 aliphatic heterocycles. The highest BCUT2D eigenvalue weighted by Crippen LogP contribution is 2.20. The number of hydrogen-bond acceptors (Lipinski definition) is 3. The standard InChI is InChI=1S/C16H17NO4S/c1-12-14(16(18)19)8-5-9-15(12)17-22(20,21)11-10-13-6-3-2-4-7-13/h2-9,17H,10-11H2,1H3,(H,18,19). The fraction of sp³-hybridized carbons (Fsp3) is 0.188. The van der Waals surface area contributed by atoms with Gasteiger partial charge in [-0.25, -0.2) is 13.2 Å². The molecule has 2 aromatic rings. The molecule has 0 fully saturated rings. The third-order valence-corrected chi connectivity index (χ3v) is 4.60. The monoisotopic (exact) mass is 319 g/mol. The van der Waals surface area contributed by atoms with Gasteiger partial charge in [-0.05, 0) is 36.6 Å². The zero-order valence-corrected chi connectivity index (χ0v) is 12.9. The Balaban J connectivity index is 2.12. The first kappa shape index (κ1) is 16.0. The molecule has 0 bridgehead atoms. The molecule has 0 aliphatic rings. The van der Waals surface area contributed by atoms with Crippen molar-refractivity contribution in [3.63, 3.8) is 0 Å². The summed E-state index contributed by atoms with van der Waals surface area (Å²) in [7, 11) is -3.54. The van der Waals surface area contributed by atoms with E-state index in [2.05, 4.69) is 4.72 Å². The summed E-state index contributed by atoms with van der Waals surface area (Å²) < 4.78 is 26.8. The van der Waals surface area contributed by atoms with E-state index in [9.17, 15) is 13.2 Å². The van der Waals surface area contributed by atoms with Gasteiger partial charge < -0.3 is 5.11 Å². The van der Waals surface area contributed by atoms with Crippen molar-refractivity contribution < 1.29 is 18.3 Å². The topological polar surface area (TPSA) is 83.5 Å². The van der Waals surface area contributed by atoms with Crippen LogP contribution in [-0.2, 0) is 16.4 Å². The maximum atomic E-state index is 12.1. The Hall–Kier alpha value is -2.34. The fourth-order valence-electron chi connectivity index (χ4n) is 2.09. The molecule has 0 heterocycles. The lowest BCUT2D eigenvalue weighted by Gasteiger charge is -2.12. The average Bonchev–Trinajstić information content (AvgIpc) is 2.48. The highest BCUT2D eigenvalue weighted by Gasteiger charge is 2.15. The van der Waals surface area contributed by atoms with E-state index in [4.69, 9.17) is 5.11 Å². The molecule has 2 rings (SSSR count). The summed E-state index contributed by atoms with van der Waals surface area (Å²) in [6.45, 7) is 1.58. The number of aryl methyl sites for hydroxylation is 1. The van der Waals surface area contributed by atoms with Crippen molar-refractivity contribution in [2.75, 3.05) is 10.5 Å². The zero-order chi connectivity index (χ0) is 16.2. The van der Waals surface area contributed by atoms with E-state index in [0.717, 1.165) is 5.56 Å². The average molecular weight is 319 g/mol. The summed E-state index contributed by atoms with van der Waals surface area (Å²) in [6, 6.07) is 13.8. The van der Waals surface area contributed by atoms with Gasteiger partial charge in [-0.2, -0.15) is 0 Å². The normalized spacial score (nSPS) is 11.1. The molecule has 5 nitrogen and oxygen atoms in total. The number of nitrogens with one attached hydrogen (secondary N) is 1. The van der Waals surface area contributed by atoms with Crippen molar-refractivity contribution in [1.29, 1.82) is 0 Å². The molecule has 0 aromatic heterocycles. The van der Waals surface area contributed by atoms with Crippen LogP contribution in [0.5, 0.6) is 0 Å².